The van der Waals surface area contributed by atoms with Crippen molar-refractivity contribution in [3.8, 4) is 0 Å². The van der Waals surface area contributed by atoms with Crippen LogP contribution in [0.15, 0.2) is 0 Å². The highest BCUT2D eigenvalue weighted by atomic mass is 16.7. The van der Waals surface area contributed by atoms with E-state index in [1.165, 1.54) is 0 Å². The fourth-order valence-corrected chi connectivity index (χ4v) is 2.19. The van der Waals surface area contributed by atoms with Crippen LogP contribution >= 0.6 is 0 Å². The molecule has 0 bridgehead atoms. The van der Waals surface area contributed by atoms with E-state index in [4.69, 9.17) is 14.6 Å². The van der Waals surface area contributed by atoms with E-state index in [9.17, 15) is 35.7 Å². The maximum Gasteiger partial charge on any atom is 0.186 e. The lowest BCUT2D eigenvalue weighted by Gasteiger charge is -2.40. The highest BCUT2D eigenvalue weighted by Crippen LogP contribution is 2.22. The van der Waals surface area contributed by atoms with Crippen LogP contribution in [0.4, 0.5) is 0 Å². The van der Waals surface area contributed by atoms with Crippen LogP contribution in [0.2, 0.25) is 0 Å². The van der Waals surface area contributed by atoms with Gasteiger partial charge in [0.25, 0.3) is 0 Å². The van der Waals surface area contributed by atoms with E-state index in [0.29, 0.717) is 0 Å². The molecule has 9 atom stereocenters. The molecular weight excluding hydrogens is 316 g/mol. The quantitative estimate of drug-likeness (QED) is 0.215. The van der Waals surface area contributed by atoms with Crippen molar-refractivity contribution in [3.05, 3.63) is 0 Å². The smallest absolute Gasteiger partial charge is 0.186 e. The van der Waals surface area contributed by atoms with E-state index in [2.05, 4.69) is 0 Å². The second-order valence-corrected chi connectivity index (χ2v) is 5.55. The van der Waals surface area contributed by atoms with Crippen molar-refractivity contribution in [1.29, 1.82) is 0 Å². The Bertz CT molecular complexity index is 341. The van der Waals surface area contributed by atoms with E-state index in [-0.39, 0.29) is 6.42 Å². The van der Waals surface area contributed by atoms with Crippen LogP contribution in [0.3, 0.4) is 0 Å². The maximum absolute atomic E-state index is 9.75. The predicted molar refractivity (Wildman–Crippen MR) is 74.0 cm³/mol. The van der Waals surface area contributed by atoms with Gasteiger partial charge in [-0.15, -0.1) is 0 Å². The van der Waals surface area contributed by atoms with Gasteiger partial charge in [0.1, 0.15) is 42.7 Å². The lowest BCUT2D eigenvalue weighted by atomic mass is 9.99. The molecule has 1 rings (SSSR count). The van der Waals surface area contributed by atoms with Gasteiger partial charge in [-0.3, -0.25) is 0 Å². The summed E-state index contributed by atoms with van der Waals surface area (Å²) in [5.41, 5.74) is 0. The van der Waals surface area contributed by atoms with Gasteiger partial charge in [-0.05, 0) is 6.42 Å². The summed E-state index contributed by atoms with van der Waals surface area (Å²) >= 11 is 0. The number of aliphatic hydroxyl groups is 8. The van der Waals surface area contributed by atoms with Crippen molar-refractivity contribution in [1.82, 2.24) is 0 Å². The Kier molecular flexibility index (Phi) is 8.24. The average molecular weight is 342 g/mol. The SMILES string of the molecule is CCC(O)[C@@H](O)[C@H](O)C(O)CO[C@H]1OC(CO)[C@H](O)[C@H](O)C1O. The molecule has 23 heavy (non-hydrogen) atoms. The second-order valence-electron chi connectivity index (χ2n) is 5.55. The summed E-state index contributed by atoms with van der Waals surface area (Å²) < 4.78 is 10.1. The second kappa shape index (κ2) is 9.18. The summed E-state index contributed by atoms with van der Waals surface area (Å²) in [6.07, 6.45) is -13.4. The lowest BCUT2D eigenvalue weighted by molar-refractivity contribution is -0.306. The Morgan fingerprint density at radius 3 is 2.00 bits per heavy atom. The molecule has 1 aliphatic heterocycles. The minimum absolute atomic E-state index is 0.165. The normalized spacial score (nSPS) is 37.2. The van der Waals surface area contributed by atoms with Crippen LogP contribution in [0.1, 0.15) is 13.3 Å². The zero-order chi connectivity index (χ0) is 17.7. The Balaban J connectivity index is 2.55. The molecule has 0 spiro atoms. The Morgan fingerprint density at radius 1 is 0.913 bits per heavy atom. The number of hydrogen-bond donors (Lipinski definition) is 8. The van der Waals surface area contributed by atoms with E-state index in [1.807, 2.05) is 0 Å². The Labute approximate surface area is 133 Å². The molecule has 0 radical (unpaired) electrons. The molecular formula is C13H26O10. The number of ether oxygens (including phenoxy) is 2. The van der Waals surface area contributed by atoms with Crippen LogP contribution in [-0.4, -0.2) is 109 Å². The first-order valence-electron chi connectivity index (χ1n) is 7.38. The number of hydrogen-bond acceptors (Lipinski definition) is 10. The molecule has 4 unspecified atom stereocenters. The molecule has 0 saturated carbocycles. The summed E-state index contributed by atoms with van der Waals surface area (Å²) in [7, 11) is 0. The monoisotopic (exact) mass is 342 g/mol. The third kappa shape index (κ3) is 5.03. The molecule has 0 aromatic carbocycles. The molecule has 10 heteroatoms. The lowest BCUT2D eigenvalue weighted by Crippen LogP contribution is -2.59. The highest BCUT2D eigenvalue weighted by Gasteiger charge is 2.44. The topological polar surface area (TPSA) is 180 Å². The Morgan fingerprint density at radius 2 is 1.48 bits per heavy atom. The van der Waals surface area contributed by atoms with Gasteiger partial charge in [-0.1, -0.05) is 6.92 Å². The zero-order valence-corrected chi connectivity index (χ0v) is 12.7. The summed E-state index contributed by atoms with van der Waals surface area (Å²) in [5.74, 6) is 0. The largest absolute Gasteiger partial charge is 0.394 e. The van der Waals surface area contributed by atoms with Gasteiger partial charge in [0.15, 0.2) is 6.29 Å². The van der Waals surface area contributed by atoms with Crippen LogP contribution < -0.4 is 0 Å². The van der Waals surface area contributed by atoms with Crippen molar-refractivity contribution in [2.45, 2.75) is 68.5 Å². The first kappa shape index (κ1) is 20.6. The molecule has 8 N–H and O–H groups in total. The molecule has 0 aliphatic carbocycles. The van der Waals surface area contributed by atoms with Gasteiger partial charge in [0.05, 0.1) is 19.3 Å². The zero-order valence-electron chi connectivity index (χ0n) is 12.7. The number of aliphatic hydroxyl groups excluding tert-OH is 8. The van der Waals surface area contributed by atoms with Crippen molar-refractivity contribution >= 4 is 0 Å². The van der Waals surface area contributed by atoms with Gasteiger partial charge in [-0.25, -0.2) is 0 Å². The predicted octanol–water partition coefficient (Wildman–Crippen LogP) is -4.34. The van der Waals surface area contributed by atoms with Gasteiger partial charge in [-0.2, -0.15) is 0 Å². The minimum atomic E-state index is -1.70. The third-order valence-corrected chi connectivity index (χ3v) is 3.84. The minimum Gasteiger partial charge on any atom is -0.394 e. The van der Waals surface area contributed by atoms with Gasteiger partial charge in [0.2, 0.25) is 0 Å². The van der Waals surface area contributed by atoms with Gasteiger partial charge >= 0.3 is 0 Å². The molecule has 1 fully saturated rings. The molecule has 10 nitrogen and oxygen atoms in total. The average Bonchev–Trinajstić information content (AvgIpc) is 2.56. The molecule has 0 aromatic rings. The summed E-state index contributed by atoms with van der Waals surface area (Å²) in [5, 5.41) is 76.4. The van der Waals surface area contributed by atoms with E-state index >= 15 is 0 Å². The van der Waals surface area contributed by atoms with Crippen molar-refractivity contribution < 1.29 is 50.3 Å². The molecule has 1 heterocycles. The maximum atomic E-state index is 9.75. The summed E-state index contributed by atoms with van der Waals surface area (Å²) in [6.45, 7) is 0.367. The molecule has 138 valence electrons. The Hall–Kier alpha value is -0.400. The van der Waals surface area contributed by atoms with E-state index in [1.54, 1.807) is 6.92 Å². The number of rotatable bonds is 8. The van der Waals surface area contributed by atoms with Crippen LogP contribution in [-0.2, 0) is 9.47 Å². The van der Waals surface area contributed by atoms with E-state index < -0.39 is 68.3 Å². The van der Waals surface area contributed by atoms with Crippen LogP contribution in [0, 0.1) is 0 Å². The van der Waals surface area contributed by atoms with Crippen molar-refractivity contribution in [2.75, 3.05) is 13.2 Å². The fourth-order valence-electron chi connectivity index (χ4n) is 2.19. The van der Waals surface area contributed by atoms with Gasteiger partial charge < -0.3 is 50.3 Å². The van der Waals surface area contributed by atoms with E-state index in [0.717, 1.165) is 0 Å². The van der Waals surface area contributed by atoms with Crippen molar-refractivity contribution in [3.63, 3.8) is 0 Å². The molecule has 1 saturated heterocycles. The standard InChI is InChI=1S/C13H26O10/c1-2-5(15)8(17)9(18)6(16)4-22-13-12(21)11(20)10(19)7(3-14)23-13/h5-21H,2-4H2,1H3/t5?,6?,7?,8-,9-,10+,11+,12?,13+/m1/s1. The fraction of sp³-hybridized carbons (Fsp3) is 1.00. The molecule has 0 amide bonds. The van der Waals surface area contributed by atoms with Crippen molar-refractivity contribution in [2.24, 2.45) is 0 Å². The van der Waals surface area contributed by atoms with Crippen LogP contribution in [0.5, 0.6) is 0 Å². The highest BCUT2D eigenvalue weighted by molar-refractivity contribution is 4.89. The summed E-state index contributed by atoms with van der Waals surface area (Å²) in [4.78, 5) is 0. The van der Waals surface area contributed by atoms with Gasteiger partial charge in [0, 0.05) is 0 Å². The molecule has 0 aromatic heterocycles. The summed E-state index contributed by atoms with van der Waals surface area (Å²) in [6, 6.07) is 0. The first-order valence-corrected chi connectivity index (χ1v) is 7.38. The third-order valence-electron chi connectivity index (χ3n) is 3.84. The van der Waals surface area contributed by atoms with Crippen LogP contribution in [0.25, 0.3) is 0 Å². The first-order chi connectivity index (χ1) is 10.7. The molecule has 1 aliphatic rings.